The van der Waals surface area contributed by atoms with E-state index in [-0.39, 0.29) is 10.3 Å². The standard InChI is InChI=1S/C16H15ClO3S/c1-21(18,19)14-4-2-3-12(10-14)16(17)13-5-6-15-11(9-13)7-8-20-15/h2-6,9-10,16H,7-8H2,1H3. The normalized spacial score (nSPS) is 15.3. The summed E-state index contributed by atoms with van der Waals surface area (Å²) >= 11 is 6.52. The van der Waals surface area contributed by atoms with Crippen LogP contribution in [0.2, 0.25) is 0 Å². The van der Waals surface area contributed by atoms with Gasteiger partial charge in [-0.05, 0) is 34.9 Å². The van der Waals surface area contributed by atoms with E-state index in [1.54, 1.807) is 18.2 Å². The summed E-state index contributed by atoms with van der Waals surface area (Å²) in [6.45, 7) is 0.704. The fourth-order valence-corrected chi connectivity index (χ4v) is 3.41. The van der Waals surface area contributed by atoms with Crippen LogP contribution in [0.1, 0.15) is 22.1 Å². The van der Waals surface area contributed by atoms with Crippen LogP contribution in [0.3, 0.4) is 0 Å². The van der Waals surface area contributed by atoms with Gasteiger partial charge in [-0.15, -0.1) is 11.6 Å². The average molecular weight is 323 g/mol. The Balaban J connectivity index is 1.97. The number of fused-ring (bicyclic) bond motifs is 1. The lowest BCUT2D eigenvalue weighted by molar-refractivity contribution is 0.357. The molecule has 1 atom stereocenters. The molecule has 0 fully saturated rings. The second-order valence-electron chi connectivity index (χ2n) is 5.17. The SMILES string of the molecule is CS(=O)(=O)c1cccc(C(Cl)c2ccc3c(c2)CCO3)c1. The van der Waals surface area contributed by atoms with Gasteiger partial charge in [-0.25, -0.2) is 8.42 Å². The van der Waals surface area contributed by atoms with Gasteiger partial charge in [-0.2, -0.15) is 0 Å². The van der Waals surface area contributed by atoms with Crippen LogP contribution in [0.5, 0.6) is 5.75 Å². The number of hydrogen-bond acceptors (Lipinski definition) is 3. The Bertz CT molecular complexity index is 784. The molecular weight excluding hydrogens is 308 g/mol. The monoisotopic (exact) mass is 322 g/mol. The number of hydrogen-bond donors (Lipinski definition) is 0. The third-order valence-corrected chi connectivity index (χ3v) is 5.20. The van der Waals surface area contributed by atoms with Gasteiger partial charge < -0.3 is 4.74 Å². The number of ether oxygens (including phenoxy) is 1. The maximum Gasteiger partial charge on any atom is 0.175 e. The van der Waals surface area contributed by atoms with E-state index in [2.05, 4.69) is 0 Å². The molecule has 0 spiro atoms. The van der Waals surface area contributed by atoms with Gasteiger partial charge in [0.25, 0.3) is 0 Å². The maximum absolute atomic E-state index is 11.6. The van der Waals surface area contributed by atoms with E-state index in [1.165, 1.54) is 6.26 Å². The summed E-state index contributed by atoms with van der Waals surface area (Å²) in [5, 5.41) is -0.377. The first-order valence-electron chi connectivity index (χ1n) is 6.65. The third kappa shape index (κ3) is 2.92. The zero-order chi connectivity index (χ0) is 15.0. The molecule has 21 heavy (non-hydrogen) atoms. The van der Waals surface area contributed by atoms with Crippen molar-refractivity contribution in [3.63, 3.8) is 0 Å². The summed E-state index contributed by atoms with van der Waals surface area (Å²) in [7, 11) is -3.23. The van der Waals surface area contributed by atoms with Gasteiger partial charge in [-0.3, -0.25) is 0 Å². The molecule has 0 saturated carbocycles. The Morgan fingerprint density at radius 1 is 1.14 bits per heavy atom. The minimum Gasteiger partial charge on any atom is -0.493 e. The van der Waals surface area contributed by atoms with E-state index in [0.29, 0.717) is 6.61 Å². The highest BCUT2D eigenvalue weighted by molar-refractivity contribution is 7.90. The van der Waals surface area contributed by atoms with Gasteiger partial charge in [0.1, 0.15) is 5.75 Å². The molecule has 0 aliphatic carbocycles. The molecule has 1 unspecified atom stereocenters. The minimum atomic E-state index is -3.23. The summed E-state index contributed by atoms with van der Waals surface area (Å²) in [4.78, 5) is 0.287. The second-order valence-corrected chi connectivity index (χ2v) is 7.63. The van der Waals surface area contributed by atoms with Crippen molar-refractivity contribution in [2.45, 2.75) is 16.7 Å². The number of sulfone groups is 1. The molecular formula is C16H15ClO3S. The average Bonchev–Trinajstić information content (AvgIpc) is 2.93. The van der Waals surface area contributed by atoms with E-state index in [0.717, 1.165) is 28.9 Å². The van der Waals surface area contributed by atoms with Crippen LogP contribution in [-0.2, 0) is 16.3 Å². The van der Waals surface area contributed by atoms with Crippen molar-refractivity contribution < 1.29 is 13.2 Å². The fraction of sp³-hybridized carbons (Fsp3) is 0.250. The van der Waals surface area contributed by atoms with Crippen LogP contribution in [0, 0.1) is 0 Å². The molecule has 0 aromatic heterocycles. The van der Waals surface area contributed by atoms with Gasteiger partial charge in [0.15, 0.2) is 9.84 Å². The molecule has 0 radical (unpaired) electrons. The molecule has 3 nitrogen and oxygen atoms in total. The number of benzene rings is 2. The molecule has 1 aliphatic rings. The number of rotatable bonds is 3. The molecule has 2 aromatic rings. The van der Waals surface area contributed by atoms with Gasteiger partial charge >= 0.3 is 0 Å². The van der Waals surface area contributed by atoms with Crippen LogP contribution < -0.4 is 4.74 Å². The molecule has 5 heteroatoms. The van der Waals surface area contributed by atoms with Gasteiger partial charge in [0.2, 0.25) is 0 Å². The topological polar surface area (TPSA) is 43.4 Å². The zero-order valence-electron chi connectivity index (χ0n) is 11.5. The third-order valence-electron chi connectivity index (χ3n) is 3.59. The number of halogens is 1. The zero-order valence-corrected chi connectivity index (χ0v) is 13.1. The molecule has 0 saturated heterocycles. The molecule has 0 amide bonds. The van der Waals surface area contributed by atoms with Gasteiger partial charge in [-0.1, -0.05) is 24.3 Å². The lowest BCUT2D eigenvalue weighted by Gasteiger charge is -2.12. The van der Waals surface area contributed by atoms with Gasteiger partial charge in [0, 0.05) is 12.7 Å². The molecule has 0 N–H and O–H groups in total. The summed E-state index contributed by atoms with van der Waals surface area (Å²) in [6, 6.07) is 12.7. The van der Waals surface area contributed by atoms with E-state index in [4.69, 9.17) is 16.3 Å². The Morgan fingerprint density at radius 3 is 2.67 bits per heavy atom. The predicted molar refractivity (Wildman–Crippen MR) is 82.9 cm³/mol. The Hall–Kier alpha value is -1.52. The van der Waals surface area contributed by atoms with Crippen molar-refractivity contribution in [1.29, 1.82) is 0 Å². The van der Waals surface area contributed by atoms with Crippen LogP contribution in [0.4, 0.5) is 0 Å². The molecule has 1 heterocycles. The first-order valence-corrected chi connectivity index (χ1v) is 8.97. The second kappa shape index (κ2) is 5.35. The summed E-state index contributed by atoms with van der Waals surface area (Å²) in [5.41, 5.74) is 2.88. The molecule has 110 valence electrons. The lowest BCUT2D eigenvalue weighted by atomic mass is 10.0. The molecule has 0 bridgehead atoms. The first kappa shape index (κ1) is 14.4. The van der Waals surface area contributed by atoms with Crippen molar-refractivity contribution in [3.05, 3.63) is 59.2 Å². The van der Waals surface area contributed by atoms with Crippen molar-refractivity contribution in [1.82, 2.24) is 0 Å². The highest BCUT2D eigenvalue weighted by atomic mass is 35.5. The summed E-state index contributed by atoms with van der Waals surface area (Å²) < 4.78 is 28.8. The van der Waals surface area contributed by atoms with E-state index < -0.39 is 9.84 Å². The van der Waals surface area contributed by atoms with Crippen molar-refractivity contribution in [2.75, 3.05) is 12.9 Å². The summed E-state index contributed by atoms with van der Waals surface area (Å²) in [5.74, 6) is 0.910. The highest BCUT2D eigenvalue weighted by Crippen LogP contribution is 2.34. The smallest absolute Gasteiger partial charge is 0.175 e. The first-order chi connectivity index (χ1) is 9.95. The van der Waals surface area contributed by atoms with Crippen LogP contribution in [0.15, 0.2) is 47.4 Å². The fourth-order valence-electron chi connectivity index (χ4n) is 2.46. The van der Waals surface area contributed by atoms with E-state index in [1.807, 2.05) is 24.3 Å². The van der Waals surface area contributed by atoms with Crippen molar-refractivity contribution in [3.8, 4) is 5.75 Å². The van der Waals surface area contributed by atoms with Crippen molar-refractivity contribution >= 4 is 21.4 Å². The van der Waals surface area contributed by atoms with Crippen molar-refractivity contribution in [2.24, 2.45) is 0 Å². The quantitative estimate of drug-likeness (QED) is 0.814. The van der Waals surface area contributed by atoms with E-state index in [9.17, 15) is 8.42 Å². The van der Waals surface area contributed by atoms with Crippen LogP contribution >= 0.6 is 11.6 Å². The predicted octanol–water partition coefficient (Wildman–Crippen LogP) is 3.35. The Labute approximate surface area is 129 Å². The largest absolute Gasteiger partial charge is 0.493 e. The maximum atomic E-state index is 11.6. The van der Waals surface area contributed by atoms with Crippen LogP contribution in [0.25, 0.3) is 0 Å². The molecule has 3 rings (SSSR count). The number of alkyl halides is 1. The Kier molecular flexibility index (Phi) is 3.68. The molecule has 2 aromatic carbocycles. The van der Waals surface area contributed by atoms with Crippen LogP contribution in [-0.4, -0.2) is 21.3 Å². The lowest BCUT2D eigenvalue weighted by Crippen LogP contribution is -2.00. The highest BCUT2D eigenvalue weighted by Gasteiger charge is 2.18. The molecule has 1 aliphatic heterocycles. The van der Waals surface area contributed by atoms with Gasteiger partial charge in [0.05, 0.1) is 16.9 Å². The minimum absolute atomic E-state index is 0.287. The van der Waals surface area contributed by atoms with E-state index >= 15 is 0 Å². The summed E-state index contributed by atoms with van der Waals surface area (Å²) in [6.07, 6.45) is 2.08. The Morgan fingerprint density at radius 2 is 1.90 bits per heavy atom.